The third-order valence-electron chi connectivity index (χ3n) is 6.78. The molecule has 6 nitrogen and oxygen atoms in total. The van der Waals surface area contributed by atoms with Crippen LogP contribution in [0.4, 0.5) is 0 Å². The molecule has 0 saturated heterocycles. The lowest BCUT2D eigenvalue weighted by Crippen LogP contribution is -2.38. The Morgan fingerprint density at radius 1 is 1.10 bits per heavy atom. The third kappa shape index (κ3) is 4.58. The van der Waals surface area contributed by atoms with Crippen LogP contribution < -0.4 is 0 Å². The van der Waals surface area contributed by atoms with E-state index in [0.717, 1.165) is 22.9 Å². The maximum Gasteiger partial charge on any atom is 0.303 e. The summed E-state index contributed by atoms with van der Waals surface area (Å²) in [4.78, 5) is 25.7. The van der Waals surface area contributed by atoms with Crippen LogP contribution in [0.2, 0.25) is 0 Å². The van der Waals surface area contributed by atoms with Gasteiger partial charge in [-0.05, 0) is 61.3 Å². The number of carboxylic acids is 1. The molecule has 1 fully saturated rings. The lowest BCUT2D eigenvalue weighted by atomic mass is 9.78. The van der Waals surface area contributed by atoms with Crippen molar-refractivity contribution in [3.05, 3.63) is 52.8 Å². The normalized spacial score (nSPS) is 21.3. The summed E-state index contributed by atoms with van der Waals surface area (Å²) < 4.78 is 1.90. The highest BCUT2D eigenvalue weighted by Crippen LogP contribution is 2.37. The molecule has 1 saturated carbocycles. The number of aryl methyl sites for hydroxylation is 1. The van der Waals surface area contributed by atoms with E-state index in [1.54, 1.807) is 0 Å². The summed E-state index contributed by atoms with van der Waals surface area (Å²) in [6, 6.07) is 10.2. The zero-order chi connectivity index (χ0) is 21.1. The monoisotopic (exact) mass is 409 g/mol. The number of rotatable bonds is 6. The van der Waals surface area contributed by atoms with E-state index in [1.807, 2.05) is 27.8 Å². The molecule has 2 aromatic rings. The number of carbonyl (C=O) groups excluding carboxylic acids is 1. The molecule has 1 amide bonds. The van der Waals surface area contributed by atoms with Crippen LogP contribution in [-0.4, -0.2) is 38.2 Å². The molecule has 0 radical (unpaired) electrons. The summed E-state index contributed by atoms with van der Waals surface area (Å²) in [6.07, 6.45) is 6.93. The second kappa shape index (κ2) is 9.02. The summed E-state index contributed by atoms with van der Waals surface area (Å²) in [6.45, 7) is 4.07. The quantitative estimate of drug-likeness (QED) is 0.774. The van der Waals surface area contributed by atoms with E-state index in [2.05, 4.69) is 24.2 Å². The number of carboxylic acid groups (broad SMARTS) is 1. The summed E-state index contributed by atoms with van der Waals surface area (Å²) in [5, 5.41) is 13.3. The predicted molar refractivity (Wildman–Crippen MR) is 114 cm³/mol. The Balaban J connectivity index is 1.37. The first-order chi connectivity index (χ1) is 14.5. The first-order valence-electron chi connectivity index (χ1n) is 11.2. The molecule has 160 valence electrons. The van der Waals surface area contributed by atoms with Gasteiger partial charge in [-0.25, -0.2) is 0 Å². The average molecular weight is 410 g/mol. The lowest BCUT2D eigenvalue weighted by molar-refractivity contribution is -0.136. The molecule has 30 heavy (non-hydrogen) atoms. The Morgan fingerprint density at radius 3 is 2.50 bits per heavy atom. The van der Waals surface area contributed by atoms with Gasteiger partial charge < -0.3 is 10.0 Å². The lowest BCUT2D eigenvalue weighted by Gasteiger charge is -2.29. The van der Waals surface area contributed by atoms with Gasteiger partial charge in [-0.3, -0.25) is 14.3 Å². The SMILES string of the molecule is CCC1CCC(c2ccc(C(=O)N3CCn4nc(CCC(=O)O)cc4C3)cc2)CC1. The zero-order valence-corrected chi connectivity index (χ0v) is 17.7. The molecular weight excluding hydrogens is 378 g/mol. The molecule has 0 atom stereocenters. The van der Waals surface area contributed by atoms with Crippen molar-refractivity contribution in [2.45, 2.75) is 70.9 Å². The molecule has 1 N–H and O–H groups in total. The van der Waals surface area contributed by atoms with Crippen molar-refractivity contribution in [1.82, 2.24) is 14.7 Å². The number of aromatic nitrogens is 2. The van der Waals surface area contributed by atoms with Gasteiger partial charge in [-0.2, -0.15) is 5.10 Å². The van der Waals surface area contributed by atoms with Crippen molar-refractivity contribution >= 4 is 11.9 Å². The van der Waals surface area contributed by atoms with Crippen LogP contribution in [0, 0.1) is 5.92 Å². The van der Waals surface area contributed by atoms with Crippen molar-refractivity contribution in [1.29, 1.82) is 0 Å². The predicted octanol–water partition coefficient (Wildman–Crippen LogP) is 4.24. The number of aliphatic carboxylic acids is 1. The van der Waals surface area contributed by atoms with Crippen LogP contribution >= 0.6 is 0 Å². The second-order valence-electron chi connectivity index (χ2n) is 8.72. The molecule has 1 aliphatic carbocycles. The smallest absolute Gasteiger partial charge is 0.303 e. The molecule has 1 aromatic heterocycles. The highest BCUT2D eigenvalue weighted by molar-refractivity contribution is 5.94. The molecule has 2 aliphatic rings. The van der Waals surface area contributed by atoms with Crippen LogP contribution in [-0.2, 0) is 24.3 Å². The van der Waals surface area contributed by atoms with E-state index in [9.17, 15) is 9.59 Å². The minimum Gasteiger partial charge on any atom is -0.481 e. The molecule has 6 heteroatoms. The molecule has 0 bridgehead atoms. The Morgan fingerprint density at radius 2 is 1.83 bits per heavy atom. The summed E-state index contributed by atoms with van der Waals surface area (Å²) in [7, 11) is 0. The van der Waals surface area contributed by atoms with Gasteiger partial charge in [-0.1, -0.05) is 25.5 Å². The van der Waals surface area contributed by atoms with Gasteiger partial charge in [0.05, 0.1) is 30.9 Å². The standard InChI is InChI=1S/C24H31N3O3/c1-2-17-3-5-18(6-4-17)19-7-9-20(10-8-19)24(30)26-13-14-27-22(16-26)15-21(25-27)11-12-23(28)29/h7-10,15,17-18H,2-6,11-14,16H2,1H3,(H,28,29). The van der Waals surface area contributed by atoms with Crippen molar-refractivity contribution in [3.63, 3.8) is 0 Å². The average Bonchev–Trinajstić information content (AvgIpc) is 3.19. The number of nitrogens with zero attached hydrogens (tertiary/aromatic N) is 3. The molecule has 1 aromatic carbocycles. The fourth-order valence-electron chi connectivity index (χ4n) is 4.84. The van der Waals surface area contributed by atoms with Crippen molar-refractivity contribution in [3.8, 4) is 0 Å². The van der Waals surface area contributed by atoms with Crippen LogP contribution in [0.1, 0.15) is 78.7 Å². The number of hydrogen-bond acceptors (Lipinski definition) is 3. The van der Waals surface area contributed by atoms with Crippen molar-refractivity contribution in [2.75, 3.05) is 6.54 Å². The van der Waals surface area contributed by atoms with Crippen molar-refractivity contribution in [2.24, 2.45) is 5.92 Å². The van der Waals surface area contributed by atoms with Gasteiger partial charge in [0.15, 0.2) is 0 Å². The third-order valence-corrected chi connectivity index (χ3v) is 6.78. The van der Waals surface area contributed by atoms with E-state index in [0.29, 0.717) is 32.0 Å². The van der Waals surface area contributed by atoms with Crippen LogP contribution in [0.15, 0.2) is 30.3 Å². The van der Waals surface area contributed by atoms with Crippen molar-refractivity contribution < 1.29 is 14.7 Å². The molecule has 0 spiro atoms. The minimum atomic E-state index is -0.820. The maximum absolute atomic E-state index is 13.0. The number of benzene rings is 1. The van der Waals surface area contributed by atoms with Crippen LogP contribution in [0.25, 0.3) is 0 Å². The Hall–Kier alpha value is -2.63. The summed E-state index contributed by atoms with van der Waals surface area (Å²) in [5.41, 5.74) is 3.85. The largest absolute Gasteiger partial charge is 0.481 e. The molecular formula is C24H31N3O3. The van der Waals surface area contributed by atoms with E-state index < -0.39 is 5.97 Å². The first-order valence-corrected chi connectivity index (χ1v) is 11.2. The summed E-state index contributed by atoms with van der Waals surface area (Å²) >= 11 is 0. The number of hydrogen-bond donors (Lipinski definition) is 1. The molecule has 1 aliphatic heterocycles. The fourth-order valence-corrected chi connectivity index (χ4v) is 4.84. The fraction of sp³-hybridized carbons (Fsp3) is 0.542. The van der Waals surface area contributed by atoms with Crippen LogP contribution in [0.3, 0.4) is 0 Å². The van der Waals surface area contributed by atoms with Gasteiger partial charge >= 0.3 is 5.97 Å². The highest BCUT2D eigenvalue weighted by atomic mass is 16.4. The Bertz CT molecular complexity index is 895. The van der Waals surface area contributed by atoms with E-state index >= 15 is 0 Å². The molecule has 4 rings (SSSR count). The number of fused-ring (bicyclic) bond motifs is 1. The first kappa shape index (κ1) is 20.6. The van der Waals surface area contributed by atoms with E-state index in [1.165, 1.54) is 37.7 Å². The zero-order valence-electron chi connectivity index (χ0n) is 17.7. The molecule has 2 heterocycles. The number of carbonyl (C=O) groups is 2. The van der Waals surface area contributed by atoms with Gasteiger partial charge in [0.25, 0.3) is 5.91 Å². The summed E-state index contributed by atoms with van der Waals surface area (Å²) in [5.74, 6) is 0.750. The van der Waals surface area contributed by atoms with Crippen LogP contribution in [0.5, 0.6) is 0 Å². The molecule has 0 unspecified atom stereocenters. The Labute approximate surface area is 177 Å². The van der Waals surface area contributed by atoms with Gasteiger partial charge in [0.2, 0.25) is 0 Å². The maximum atomic E-state index is 13.0. The Kier molecular flexibility index (Phi) is 6.21. The highest BCUT2D eigenvalue weighted by Gasteiger charge is 2.25. The van der Waals surface area contributed by atoms with Gasteiger partial charge in [0, 0.05) is 18.5 Å². The van der Waals surface area contributed by atoms with Gasteiger partial charge in [-0.15, -0.1) is 0 Å². The van der Waals surface area contributed by atoms with E-state index in [4.69, 9.17) is 5.11 Å². The minimum absolute atomic E-state index is 0.0516. The topological polar surface area (TPSA) is 75.4 Å². The second-order valence-corrected chi connectivity index (χ2v) is 8.72. The van der Waals surface area contributed by atoms with Gasteiger partial charge in [0.1, 0.15) is 0 Å². The number of amides is 1. The van der Waals surface area contributed by atoms with E-state index in [-0.39, 0.29) is 12.3 Å².